The van der Waals surface area contributed by atoms with Crippen molar-refractivity contribution in [2.75, 3.05) is 18.4 Å². The summed E-state index contributed by atoms with van der Waals surface area (Å²) < 4.78 is 5.12. The number of rotatable bonds is 6. The molecule has 1 aromatic rings. The first-order valence-electron chi connectivity index (χ1n) is 8.87. The van der Waals surface area contributed by atoms with Crippen LogP contribution in [0.15, 0.2) is 18.2 Å². The Hall–Kier alpha value is -2.28. The number of anilines is 1. The van der Waals surface area contributed by atoms with E-state index in [4.69, 9.17) is 16.3 Å². The van der Waals surface area contributed by atoms with Gasteiger partial charge in [-0.25, -0.2) is 4.79 Å². The second kappa shape index (κ2) is 9.60. The number of nitrogens with one attached hydrogen (secondary N) is 2. The molecular weight excluding hydrogens is 370 g/mol. The molecule has 0 aromatic heterocycles. The summed E-state index contributed by atoms with van der Waals surface area (Å²) in [6, 6.07) is 3.87. The van der Waals surface area contributed by atoms with Crippen LogP contribution in [0.3, 0.4) is 0 Å². The molecule has 0 aliphatic carbocycles. The lowest BCUT2D eigenvalue weighted by Crippen LogP contribution is -2.44. The third-order valence-electron chi connectivity index (χ3n) is 3.64. The second-order valence-electron chi connectivity index (χ2n) is 7.03. The van der Waals surface area contributed by atoms with Crippen molar-refractivity contribution >= 4 is 35.2 Å². The van der Waals surface area contributed by atoms with Crippen LogP contribution in [0.2, 0.25) is 5.02 Å². The van der Waals surface area contributed by atoms with Gasteiger partial charge in [-0.1, -0.05) is 11.6 Å². The highest BCUT2D eigenvalue weighted by molar-refractivity contribution is 6.34. The van der Waals surface area contributed by atoms with E-state index in [0.29, 0.717) is 24.3 Å². The summed E-state index contributed by atoms with van der Waals surface area (Å²) in [4.78, 5) is 38.0. The van der Waals surface area contributed by atoms with E-state index >= 15 is 0 Å². The van der Waals surface area contributed by atoms with E-state index in [1.165, 1.54) is 6.07 Å². The molecule has 0 aliphatic rings. The van der Waals surface area contributed by atoms with Crippen LogP contribution in [-0.4, -0.2) is 47.5 Å². The third-order valence-corrected chi connectivity index (χ3v) is 3.96. The molecule has 0 heterocycles. The number of carbonyl (C=O) groups is 3. The average molecular weight is 398 g/mol. The van der Waals surface area contributed by atoms with Gasteiger partial charge in [-0.2, -0.15) is 0 Å². The number of hydrogen-bond donors (Lipinski definition) is 2. The molecule has 0 saturated carbocycles. The Balaban J connectivity index is 2.76. The van der Waals surface area contributed by atoms with E-state index in [2.05, 4.69) is 10.6 Å². The van der Waals surface area contributed by atoms with E-state index in [1.807, 2.05) is 13.8 Å². The normalized spacial score (nSPS) is 12.1. The van der Waals surface area contributed by atoms with Gasteiger partial charge in [-0.15, -0.1) is 0 Å². The molecule has 0 spiro atoms. The predicted molar refractivity (Wildman–Crippen MR) is 106 cm³/mol. The monoisotopic (exact) mass is 397 g/mol. The number of alkyl carbamates (subject to hydrolysis) is 1. The average Bonchev–Trinajstić information content (AvgIpc) is 2.53. The highest BCUT2D eigenvalue weighted by atomic mass is 35.5. The first-order valence-corrected chi connectivity index (χ1v) is 9.25. The van der Waals surface area contributed by atoms with Crippen molar-refractivity contribution in [1.29, 1.82) is 0 Å². The fourth-order valence-corrected chi connectivity index (χ4v) is 2.51. The van der Waals surface area contributed by atoms with Gasteiger partial charge in [0.05, 0.1) is 10.6 Å². The minimum atomic E-state index is -0.810. The Kier molecular flexibility index (Phi) is 8.09. The molecule has 0 saturated heterocycles. The minimum Gasteiger partial charge on any atom is -0.444 e. The van der Waals surface area contributed by atoms with Gasteiger partial charge in [0.25, 0.3) is 5.91 Å². The van der Waals surface area contributed by atoms with Crippen LogP contribution in [0.5, 0.6) is 0 Å². The molecule has 7 nitrogen and oxygen atoms in total. The van der Waals surface area contributed by atoms with Crippen LogP contribution < -0.4 is 10.6 Å². The SMILES string of the molecule is CCN(CC)C(=O)c1ccc(NC(=O)[C@@H](C)NC(=O)OC(C)(C)C)cc1Cl. The molecule has 0 aliphatic heterocycles. The number of carbonyl (C=O) groups excluding carboxylic acids is 3. The molecule has 2 N–H and O–H groups in total. The first kappa shape index (κ1) is 22.8. The standard InChI is InChI=1S/C19H28ClN3O4/c1-7-23(8-2)17(25)14-10-9-13(11-15(14)20)22-16(24)12(3)21-18(26)27-19(4,5)6/h9-12H,7-8H2,1-6H3,(H,21,26)(H,22,24)/t12-/m1/s1. The van der Waals surface area contributed by atoms with Crippen LogP contribution >= 0.6 is 11.6 Å². The fraction of sp³-hybridized carbons (Fsp3) is 0.526. The quantitative estimate of drug-likeness (QED) is 0.766. The summed E-state index contributed by atoms with van der Waals surface area (Å²) in [6.07, 6.45) is -0.677. The van der Waals surface area contributed by atoms with Crippen molar-refractivity contribution < 1.29 is 19.1 Å². The molecule has 1 atom stereocenters. The third kappa shape index (κ3) is 7.09. The van der Waals surface area contributed by atoms with Crippen LogP contribution in [0.25, 0.3) is 0 Å². The fourth-order valence-electron chi connectivity index (χ4n) is 2.25. The van der Waals surface area contributed by atoms with E-state index < -0.39 is 23.6 Å². The van der Waals surface area contributed by atoms with Crippen molar-refractivity contribution in [3.8, 4) is 0 Å². The van der Waals surface area contributed by atoms with Gasteiger partial charge in [-0.05, 0) is 59.7 Å². The van der Waals surface area contributed by atoms with E-state index in [9.17, 15) is 14.4 Å². The van der Waals surface area contributed by atoms with Crippen molar-refractivity contribution in [2.45, 2.75) is 53.2 Å². The van der Waals surface area contributed by atoms with Gasteiger partial charge in [0.15, 0.2) is 0 Å². The van der Waals surface area contributed by atoms with Gasteiger partial charge >= 0.3 is 6.09 Å². The molecule has 27 heavy (non-hydrogen) atoms. The number of benzene rings is 1. The lowest BCUT2D eigenvalue weighted by Gasteiger charge is -2.22. The Morgan fingerprint density at radius 2 is 1.78 bits per heavy atom. The number of hydrogen-bond acceptors (Lipinski definition) is 4. The molecule has 1 rings (SSSR count). The van der Waals surface area contributed by atoms with E-state index in [1.54, 1.807) is 44.7 Å². The van der Waals surface area contributed by atoms with Crippen molar-refractivity contribution in [2.24, 2.45) is 0 Å². The minimum absolute atomic E-state index is 0.164. The predicted octanol–water partition coefficient (Wildman–Crippen LogP) is 3.67. The van der Waals surface area contributed by atoms with E-state index in [0.717, 1.165) is 0 Å². The maximum atomic E-state index is 12.4. The molecule has 0 fully saturated rings. The highest BCUT2D eigenvalue weighted by Crippen LogP contribution is 2.22. The molecule has 0 unspecified atom stereocenters. The first-order chi connectivity index (χ1) is 12.5. The van der Waals surface area contributed by atoms with E-state index in [-0.39, 0.29) is 10.9 Å². The molecule has 0 radical (unpaired) electrons. The maximum Gasteiger partial charge on any atom is 0.408 e. The van der Waals surface area contributed by atoms with Crippen molar-refractivity contribution in [1.82, 2.24) is 10.2 Å². The number of amides is 3. The zero-order chi connectivity index (χ0) is 20.8. The molecule has 8 heteroatoms. The number of nitrogens with zero attached hydrogens (tertiary/aromatic N) is 1. The summed E-state index contributed by atoms with van der Waals surface area (Å²) in [7, 11) is 0. The van der Waals surface area contributed by atoms with Gasteiger partial charge in [0, 0.05) is 18.8 Å². The highest BCUT2D eigenvalue weighted by Gasteiger charge is 2.22. The molecule has 150 valence electrons. The van der Waals surface area contributed by atoms with Gasteiger partial charge in [-0.3, -0.25) is 9.59 Å². The van der Waals surface area contributed by atoms with Crippen LogP contribution in [0, 0.1) is 0 Å². The molecule has 3 amide bonds. The number of ether oxygens (including phenoxy) is 1. The summed E-state index contributed by atoms with van der Waals surface area (Å²) in [6.45, 7) is 11.7. The lowest BCUT2D eigenvalue weighted by atomic mass is 10.1. The lowest BCUT2D eigenvalue weighted by molar-refractivity contribution is -0.117. The Morgan fingerprint density at radius 1 is 1.19 bits per heavy atom. The summed E-state index contributed by atoms with van der Waals surface area (Å²) in [5.74, 6) is -0.595. The molecular formula is C19H28ClN3O4. The maximum absolute atomic E-state index is 12.4. The van der Waals surface area contributed by atoms with Crippen molar-refractivity contribution in [3.05, 3.63) is 28.8 Å². The topological polar surface area (TPSA) is 87.7 Å². The van der Waals surface area contributed by atoms with Gasteiger partial charge < -0.3 is 20.3 Å². The smallest absolute Gasteiger partial charge is 0.408 e. The second-order valence-corrected chi connectivity index (χ2v) is 7.44. The van der Waals surface area contributed by atoms with Gasteiger partial charge in [0.2, 0.25) is 5.91 Å². The van der Waals surface area contributed by atoms with Crippen molar-refractivity contribution in [3.63, 3.8) is 0 Å². The zero-order valence-electron chi connectivity index (χ0n) is 16.7. The summed E-state index contributed by atoms with van der Waals surface area (Å²) in [5.41, 5.74) is 0.151. The van der Waals surface area contributed by atoms with Crippen LogP contribution in [0.1, 0.15) is 51.9 Å². The molecule has 1 aromatic carbocycles. The van der Waals surface area contributed by atoms with Gasteiger partial charge in [0.1, 0.15) is 11.6 Å². The zero-order valence-corrected chi connectivity index (χ0v) is 17.4. The largest absolute Gasteiger partial charge is 0.444 e. The Bertz CT molecular complexity index is 697. The van der Waals surface area contributed by atoms with Crippen LogP contribution in [-0.2, 0) is 9.53 Å². The molecule has 0 bridgehead atoms. The number of halogens is 1. The Labute approximate surface area is 165 Å². The van der Waals surface area contributed by atoms with Crippen LogP contribution in [0.4, 0.5) is 10.5 Å². The summed E-state index contributed by atoms with van der Waals surface area (Å²) >= 11 is 6.21. The summed E-state index contributed by atoms with van der Waals surface area (Å²) in [5, 5.41) is 5.37. The Morgan fingerprint density at radius 3 is 2.26 bits per heavy atom.